The van der Waals surface area contributed by atoms with E-state index in [1.54, 1.807) is 0 Å². The first-order valence-corrected chi connectivity index (χ1v) is 14.8. The first-order chi connectivity index (χ1) is 21.4. The Labute approximate surface area is 248 Å². The molecule has 0 N–H and O–H groups in total. The SMILES string of the molecule is c1ccc(-c2cccc(-n3c4cccc5c4c4c6c(cc7ccccc7c6c6ccccc6c43)-c3ccccc3-5)n2)cc1. The highest BCUT2D eigenvalue weighted by Gasteiger charge is 2.28. The number of fused-ring (bicyclic) bond motifs is 8. The second-order valence-corrected chi connectivity index (χ2v) is 11.5. The minimum Gasteiger partial charge on any atom is -0.293 e. The summed E-state index contributed by atoms with van der Waals surface area (Å²) < 4.78 is 2.41. The van der Waals surface area contributed by atoms with E-state index in [-0.39, 0.29) is 0 Å². The number of aromatic nitrogens is 2. The maximum absolute atomic E-state index is 5.30. The van der Waals surface area contributed by atoms with E-state index >= 15 is 0 Å². The number of hydrogen-bond acceptors (Lipinski definition) is 1. The monoisotopic (exact) mass is 544 g/mol. The maximum atomic E-state index is 5.30. The number of rotatable bonds is 2. The van der Waals surface area contributed by atoms with E-state index in [1.165, 1.54) is 76.4 Å². The van der Waals surface area contributed by atoms with Crippen molar-refractivity contribution < 1.29 is 0 Å². The lowest BCUT2D eigenvalue weighted by Gasteiger charge is -2.17. The molecule has 0 saturated heterocycles. The summed E-state index contributed by atoms with van der Waals surface area (Å²) in [5.41, 5.74) is 9.60. The van der Waals surface area contributed by atoms with Gasteiger partial charge in [0.25, 0.3) is 0 Å². The molecule has 0 aliphatic heterocycles. The Morgan fingerprint density at radius 1 is 0.419 bits per heavy atom. The average Bonchev–Trinajstić information content (AvgIpc) is 3.38. The molecule has 2 aromatic heterocycles. The molecule has 43 heavy (non-hydrogen) atoms. The smallest absolute Gasteiger partial charge is 0.138 e. The minimum absolute atomic E-state index is 0.930. The summed E-state index contributed by atoms with van der Waals surface area (Å²) in [5, 5.41) is 10.3. The van der Waals surface area contributed by atoms with Crippen LogP contribution in [-0.2, 0) is 0 Å². The summed E-state index contributed by atoms with van der Waals surface area (Å²) in [4.78, 5) is 5.30. The Morgan fingerprint density at radius 3 is 1.95 bits per heavy atom. The molecule has 0 atom stereocenters. The van der Waals surface area contributed by atoms with Crippen LogP contribution in [0.2, 0.25) is 0 Å². The topological polar surface area (TPSA) is 17.8 Å². The molecule has 0 spiro atoms. The van der Waals surface area contributed by atoms with Crippen molar-refractivity contribution in [2.45, 2.75) is 0 Å². The molecule has 1 aliphatic carbocycles. The largest absolute Gasteiger partial charge is 0.293 e. The Morgan fingerprint density at radius 2 is 1.09 bits per heavy atom. The van der Waals surface area contributed by atoms with E-state index in [1.807, 2.05) is 0 Å². The molecule has 0 amide bonds. The molecule has 2 heterocycles. The Balaban J connectivity index is 1.51. The molecule has 0 bridgehead atoms. The lowest BCUT2D eigenvalue weighted by Crippen LogP contribution is -2.00. The van der Waals surface area contributed by atoms with Gasteiger partial charge in [-0.25, -0.2) is 4.98 Å². The molecular weight excluding hydrogens is 520 g/mol. The molecule has 2 nitrogen and oxygen atoms in total. The second kappa shape index (κ2) is 8.40. The summed E-state index contributed by atoms with van der Waals surface area (Å²) in [6.07, 6.45) is 0. The van der Waals surface area contributed by atoms with Gasteiger partial charge in [0.15, 0.2) is 0 Å². The van der Waals surface area contributed by atoms with Gasteiger partial charge in [-0.05, 0) is 68.1 Å². The van der Waals surface area contributed by atoms with E-state index in [2.05, 4.69) is 150 Å². The van der Waals surface area contributed by atoms with Crippen LogP contribution in [0, 0.1) is 0 Å². The number of nitrogens with zero attached hydrogens (tertiary/aromatic N) is 2. The molecule has 0 radical (unpaired) electrons. The van der Waals surface area contributed by atoms with Crippen molar-refractivity contribution in [1.82, 2.24) is 9.55 Å². The molecule has 198 valence electrons. The van der Waals surface area contributed by atoms with E-state index < -0.39 is 0 Å². The third kappa shape index (κ3) is 2.99. The molecule has 0 unspecified atom stereocenters. The first kappa shape index (κ1) is 22.9. The van der Waals surface area contributed by atoms with Gasteiger partial charge < -0.3 is 0 Å². The quantitative estimate of drug-likeness (QED) is 0.198. The van der Waals surface area contributed by atoms with Gasteiger partial charge in [0.1, 0.15) is 5.82 Å². The van der Waals surface area contributed by atoms with Gasteiger partial charge in [0, 0.05) is 27.1 Å². The van der Waals surface area contributed by atoms with Gasteiger partial charge in [-0.15, -0.1) is 0 Å². The van der Waals surface area contributed by atoms with Gasteiger partial charge in [-0.2, -0.15) is 0 Å². The van der Waals surface area contributed by atoms with Crippen molar-refractivity contribution in [3.8, 4) is 39.3 Å². The highest BCUT2D eigenvalue weighted by Crippen LogP contribution is 2.53. The van der Waals surface area contributed by atoms with E-state index in [0.717, 1.165) is 17.1 Å². The predicted molar refractivity (Wildman–Crippen MR) is 181 cm³/mol. The van der Waals surface area contributed by atoms with Crippen molar-refractivity contribution in [3.63, 3.8) is 0 Å². The maximum Gasteiger partial charge on any atom is 0.138 e. The number of benzene rings is 7. The van der Waals surface area contributed by atoms with Crippen LogP contribution in [0.15, 0.2) is 146 Å². The van der Waals surface area contributed by atoms with E-state index in [9.17, 15) is 0 Å². The first-order valence-electron chi connectivity index (χ1n) is 14.8. The van der Waals surface area contributed by atoms with E-state index in [4.69, 9.17) is 4.98 Å². The molecule has 7 aromatic carbocycles. The van der Waals surface area contributed by atoms with Gasteiger partial charge in [-0.3, -0.25) is 4.57 Å². The second-order valence-electron chi connectivity index (χ2n) is 11.5. The summed E-state index contributed by atoms with van der Waals surface area (Å²) in [6.45, 7) is 0. The minimum atomic E-state index is 0.930. The number of pyridine rings is 1. The van der Waals surface area contributed by atoms with Crippen LogP contribution in [-0.4, -0.2) is 9.55 Å². The zero-order valence-corrected chi connectivity index (χ0v) is 23.3. The summed E-state index contributed by atoms with van der Waals surface area (Å²) in [7, 11) is 0. The van der Waals surface area contributed by atoms with Crippen molar-refractivity contribution in [1.29, 1.82) is 0 Å². The summed E-state index contributed by atoms with van der Waals surface area (Å²) in [6, 6.07) is 52.8. The van der Waals surface area contributed by atoms with Crippen LogP contribution < -0.4 is 0 Å². The molecule has 10 rings (SSSR count). The molecule has 2 heteroatoms. The van der Waals surface area contributed by atoms with Crippen LogP contribution in [0.4, 0.5) is 0 Å². The molecule has 1 aliphatic rings. The average molecular weight is 545 g/mol. The van der Waals surface area contributed by atoms with Crippen LogP contribution in [0.3, 0.4) is 0 Å². The van der Waals surface area contributed by atoms with Crippen molar-refractivity contribution in [2.75, 3.05) is 0 Å². The van der Waals surface area contributed by atoms with Gasteiger partial charge in [0.05, 0.1) is 16.7 Å². The zero-order valence-electron chi connectivity index (χ0n) is 23.3. The van der Waals surface area contributed by atoms with Gasteiger partial charge >= 0.3 is 0 Å². The molecule has 0 saturated carbocycles. The van der Waals surface area contributed by atoms with Crippen molar-refractivity contribution in [2.24, 2.45) is 0 Å². The number of hydrogen-bond donors (Lipinski definition) is 0. The Hall–Kier alpha value is -5.73. The summed E-state index contributed by atoms with van der Waals surface area (Å²) in [5.74, 6) is 0.930. The lowest BCUT2D eigenvalue weighted by atomic mass is 9.88. The highest BCUT2D eigenvalue weighted by atomic mass is 15.1. The highest BCUT2D eigenvalue weighted by molar-refractivity contribution is 6.41. The molecule has 9 aromatic rings. The predicted octanol–water partition coefficient (Wildman–Crippen LogP) is 11.0. The van der Waals surface area contributed by atoms with E-state index in [0.29, 0.717) is 0 Å². The molecule has 0 fully saturated rings. The fourth-order valence-electron chi connectivity index (χ4n) is 7.58. The lowest BCUT2D eigenvalue weighted by molar-refractivity contribution is 1.09. The standard InChI is InChI=1S/C41H24N2/c1-2-12-25(13-3-1)34-21-11-23-36(42-34)43-35-22-10-20-30-28-16-6-7-17-29(28)33-24-26-14-4-5-15-27(26)37-31-18-8-9-19-32(31)41(43)40(38(30)35)39(33)37/h1-24H. The van der Waals surface area contributed by atoms with Crippen LogP contribution in [0.5, 0.6) is 0 Å². The fourth-order valence-corrected chi connectivity index (χ4v) is 7.58. The van der Waals surface area contributed by atoms with Crippen LogP contribution in [0.25, 0.3) is 93.5 Å². The van der Waals surface area contributed by atoms with Crippen molar-refractivity contribution >= 4 is 54.1 Å². The van der Waals surface area contributed by atoms with Gasteiger partial charge in [0.2, 0.25) is 0 Å². The van der Waals surface area contributed by atoms with Crippen LogP contribution in [0.1, 0.15) is 0 Å². The summed E-state index contributed by atoms with van der Waals surface area (Å²) >= 11 is 0. The Bertz CT molecular complexity index is 2610. The van der Waals surface area contributed by atoms with Crippen LogP contribution >= 0.6 is 0 Å². The zero-order chi connectivity index (χ0) is 28.1. The molecular formula is C41H24N2. The van der Waals surface area contributed by atoms with Crippen molar-refractivity contribution in [3.05, 3.63) is 146 Å². The third-order valence-electron chi connectivity index (χ3n) is 9.29. The third-order valence-corrected chi connectivity index (χ3v) is 9.29. The normalized spacial score (nSPS) is 12.2. The van der Waals surface area contributed by atoms with Gasteiger partial charge in [-0.1, -0.05) is 121 Å². The Kier molecular flexibility index (Phi) is 4.48. The fraction of sp³-hybridized carbons (Fsp3) is 0.